The Morgan fingerprint density at radius 1 is 1.35 bits per heavy atom. The van der Waals surface area contributed by atoms with Crippen molar-refractivity contribution in [3.63, 3.8) is 0 Å². The summed E-state index contributed by atoms with van der Waals surface area (Å²) in [5.41, 5.74) is 0. The highest BCUT2D eigenvalue weighted by Gasteiger charge is 2.38. The molecule has 0 saturated carbocycles. The number of carboxylic acid groups (broad SMARTS) is 1. The van der Waals surface area contributed by atoms with Crippen molar-refractivity contribution in [3.05, 3.63) is 0 Å². The van der Waals surface area contributed by atoms with Crippen LogP contribution in [0.4, 0.5) is 0 Å². The summed E-state index contributed by atoms with van der Waals surface area (Å²) < 4.78 is 5.34. The first-order chi connectivity index (χ1) is 8.09. The van der Waals surface area contributed by atoms with Gasteiger partial charge in [-0.05, 0) is 31.6 Å². The van der Waals surface area contributed by atoms with Gasteiger partial charge in [-0.2, -0.15) is 0 Å². The van der Waals surface area contributed by atoms with E-state index in [0.29, 0.717) is 25.5 Å². The van der Waals surface area contributed by atoms with Crippen molar-refractivity contribution in [2.45, 2.75) is 44.8 Å². The molecule has 0 spiro atoms. The number of carboxylic acids is 1. The van der Waals surface area contributed by atoms with E-state index in [1.54, 1.807) is 0 Å². The van der Waals surface area contributed by atoms with Gasteiger partial charge in [0.2, 0.25) is 0 Å². The summed E-state index contributed by atoms with van der Waals surface area (Å²) in [5.74, 6) is -0.672. The van der Waals surface area contributed by atoms with E-state index in [4.69, 9.17) is 4.74 Å². The van der Waals surface area contributed by atoms with Crippen molar-refractivity contribution in [2.75, 3.05) is 13.2 Å². The van der Waals surface area contributed by atoms with Crippen molar-refractivity contribution in [1.82, 2.24) is 4.90 Å². The van der Waals surface area contributed by atoms with Gasteiger partial charge in [0.15, 0.2) is 0 Å². The molecule has 0 bridgehead atoms. The molecular formula is C12H19NO4. The summed E-state index contributed by atoms with van der Waals surface area (Å²) in [6.45, 7) is 3.18. The fourth-order valence-corrected chi connectivity index (χ4v) is 2.60. The maximum atomic E-state index is 12.2. The zero-order valence-electron chi connectivity index (χ0n) is 10.1. The third kappa shape index (κ3) is 2.60. The molecule has 1 N–H and O–H groups in total. The largest absolute Gasteiger partial charge is 0.480 e. The van der Waals surface area contributed by atoms with Gasteiger partial charge >= 0.3 is 5.97 Å². The molecule has 17 heavy (non-hydrogen) atoms. The molecule has 0 aromatic heterocycles. The zero-order valence-corrected chi connectivity index (χ0v) is 10.1. The van der Waals surface area contributed by atoms with E-state index in [-0.39, 0.29) is 5.91 Å². The summed E-state index contributed by atoms with van der Waals surface area (Å²) in [6, 6.07) is -0.671. The van der Waals surface area contributed by atoms with Gasteiger partial charge in [-0.1, -0.05) is 6.92 Å². The molecule has 1 amide bonds. The van der Waals surface area contributed by atoms with Crippen LogP contribution in [0, 0.1) is 5.92 Å². The topological polar surface area (TPSA) is 66.8 Å². The molecule has 0 radical (unpaired) electrons. The number of piperidine rings is 1. The van der Waals surface area contributed by atoms with Crippen LogP contribution in [0.3, 0.4) is 0 Å². The summed E-state index contributed by atoms with van der Waals surface area (Å²) >= 11 is 0. The monoisotopic (exact) mass is 241 g/mol. The van der Waals surface area contributed by atoms with Gasteiger partial charge in [-0.15, -0.1) is 0 Å². The van der Waals surface area contributed by atoms with Gasteiger partial charge in [0.05, 0.1) is 0 Å². The summed E-state index contributed by atoms with van der Waals surface area (Å²) in [5, 5.41) is 9.18. The maximum Gasteiger partial charge on any atom is 0.326 e. The minimum Gasteiger partial charge on any atom is -0.480 e. The lowest BCUT2D eigenvalue weighted by molar-refractivity contribution is -0.157. The second kappa shape index (κ2) is 5.04. The first kappa shape index (κ1) is 12.4. The number of hydrogen-bond donors (Lipinski definition) is 1. The number of carbonyl (C=O) groups is 2. The number of amides is 1. The zero-order chi connectivity index (χ0) is 12.4. The molecule has 2 aliphatic rings. The predicted octanol–water partition coefficient (Wildman–Crippen LogP) is 0.877. The molecule has 2 saturated heterocycles. The van der Waals surface area contributed by atoms with E-state index in [9.17, 15) is 14.7 Å². The second-order valence-corrected chi connectivity index (χ2v) is 5.02. The minimum atomic E-state index is -0.900. The molecule has 5 nitrogen and oxygen atoms in total. The number of hydrogen-bond acceptors (Lipinski definition) is 3. The third-order valence-corrected chi connectivity index (χ3v) is 3.64. The molecule has 96 valence electrons. The molecule has 3 atom stereocenters. The smallest absolute Gasteiger partial charge is 0.326 e. The van der Waals surface area contributed by atoms with Crippen LogP contribution < -0.4 is 0 Å². The maximum absolute atomic E-state index is 12.2. The van der Waals surface area contributed by atoms with Gasteiger partial charge in [0.1, 0.15) is 12.1 Å². The fourth-order valence-electron chi connectivity index (χ4n) is 2.60. The van der Waals surface area contributed by atoms with Crippen molar-refractivity contribution in [2.24, 2.45) is 5.92 Å². The highest BCUT2D eigenvalue weighted by molar-refractivity contribution is 5.86. The van der Waals surface area contributed by atoms with Crippen LogP contribution in [0.25, 0.3) is 0 Å². The minimum absolute atomic E-state index is 0.137. The molecule has 2 unspecified atom stereocenters. The molecule has 2 rings (SSSR count). The molecule has 0 aliphatic carbocycles. The van der Waals surface area contributed by atoms with Crippen molar-refractivity contribution < 1.29 is 19.4 Å². The average Bonchev–Trinajstić information content (AvgIpc) is 2.81. The van der Waals surface area contributed by atoms with E-state index >= 15 is 0 Å². The Bertz CT molecular complexity index is 312. The number of ether oxygens (including phenoxy) is 1. The normalized spacial score (nSPS) is 33.7. The van der Waals surface area contributed by atoms with E-state index < -0.39 is 18.1 Å². The predicted molar refractivity (Wildman–Crippen MR) is 60.5 cm³/mol. The molecule has 0 aromatic rings. The fraction of sp³-hybridized carbons (Fsp3) is 0.833. The Kier molecular flexibility index (Phi) is 3.66. The van der Waals surface area contributed by atoms with Crippen molar-refractivity contribution in [1.29, 1.82) is 0 Å². The highest BCUT2D eigenvalue weighted by atomic mass is 16.5. The van der Waals surface area contributed by atoms with Crippen LogP contribution >= 0.6 is 0 Å². The Morgan fingerprint density at radius 3 is 2.71 bits per heavy atom. The molecule has 2 heterocycles. The Labute approximate surface area is 101 Å². The molecule has 0 aromatic carbocycles. The van der Waals surface area contributed by atoms with Gasteiger partial charge in [0, 0.05) is 13.2 Å². The van der Waals surface area contributed by atoms with E-state index in [1.165, 1.54) is 4.90 Å². The second-order valence-electron chi connectivity index (χ2n) is 5.02. The molecule has 5 heteroatoms. The van der Waals surface area contributed by atoms with Crippen LogP contribution in [0.1, 0.15) is 32.6 Å². The van der Waals surface area contributed by atoms with Crippen LogP contribution in [-0.4, -0.2) is 47.2 Å². The SMILES string of the molecule is CC1CCN(C(=O)[C@@H]2CCCO2)C(C(=O)O)C1. The number of carbonyl (C=O) groups excluding carboxylic acids is 1. The third-order valence-electron chi connectivity index (χ3n) is 3.64. The lowest BCUT2D eigenvalue weighted by atomic mass is 9.92. The highest BCUT2D eigenvalue weighted by Crippen LogP contribution is 2.25. The summed E-state index contributed by atoms with van der Waals surface area (Å²) in [6.07, 6.45) is 2.62. The van der Waals surface area contributed by atoms with Crippen LogP contribution in [0.2, 0.25) is 0 Å². The van der Waals surface area contributed by atoms with Gasteiger partial charge in [0.25, 0.3) is 5.91 Å². The van der Waals surface area contributed by atoms with E-state index in [2.05, 4.69) is 0 Å². The molecule has 2 fully saturated rings. The Hall–Kier alpha value is -1.10. The Morgan fingerprint density at radius 2 is 2.12 bits per heavy atom. The summed E-state index contributed by atoms with van der Waals surface area (Å²) in [7, 11) is 0. The van der Waals surface area contributed by atoms with Crippen LogP contribution in [0.5, 0.6) is 0 Å². The summed E-state index contributed by atoms with van der Waals surface area (Å²) in [4.78, 5) is 24.9. The molecular weight excluding hydrogens is 222 g/mol. The quantitative estimate of drug-likeness (QED) is 0.779. The van der Waals surface area contributed by atoms with E-state index in [1.807, 2.05) is 6.92 Å². The van der Waals surface area contributed by atoms with Gasteiger partial charge in [-0.3, -0.25) is 4.79 Å². The lowest BCUT2D eigenvalue weighted by Gasteiger charge is -2.37. The first-order valence-electron chi connectivity index (χ1n) is 6.24. The average molecular weight is 241 g/mol. The van der Waals surface area contributed by atoms with Crippen molar-refractivity contribution in [3.8, 4) is 0 Å². The number of nitrogens with zero attached hydrogens (tertiary/aromatic N) is 1. The number of aliphatic carboxylic acids is 1. The number of rotatable bonds is 2. The standard InChI is InChI=1S/C12H19NO4/c1-8-4-5-13(9(7-8)12(15)16)11(14)10-3-2-6-17-10/h8-10H,2-7H2,1H3,(H,15,16)/t8?,9?,10-/m0/s1. The number of likely N-dealkylation sites (tertiary alicyclic amines) is 1. The lowest BCUT2D eigenvalue weighted by Crippen LogP contribution is -2.52. The van der Waals surface area contributed by atoms with Gasteiger partial charge in [-0.25, -0.2) is 4.79 Å². The molecule has 2 aliphatic heterocycles. The first-order valence-corrected chi connectivity index (χ1v) is 6.24. The van der Waals surface area contributed by atoms with Crippen molar-refractivity contribution >= 4 is 11.9 Å². The van der Waals surface area contributed by atoms with Crippen LogP contribution in [0.15, 0.2) is 0 Å². The van der Waals surface area contributed by atoms with Gasteiger partial charge < -0.3 is 14.7 Å². The van der Waals surface area contributed by atoms with E-state index in [0.717, 1.165) is 19.3 Å². The Balaban J connectivity index is 2.06. The van der Waals surface area contributed by atoms with Crippen LogP contribution in [-0.2, 0) is 14.3 Å².